The van der Waals surface area contributed by atoms with Crippen molar-refractivity contribution >= 4 is 17.6 Å². The Hall–Kier alpha value is -1.03. The molecule has 0 spiro atoms. The summed E-state index contributed by atoms with van der Waals surface area (Å²) in [5.74, 6) is -0.192. The Balaban J connectivity index is 2.51. The van der Waals surface area contributed by atoms with E-state index in [1.165, 1.54) is 7.11 Å². The minimum atomic E-state index is -0.192. The van der Waals surface area contributed by atoms with Gasteiger partial charge >= 0.3 is 5.97 Å². The predicted molar refractivity (Wildman–Crippen MR) is 58.0 cm³/mol. The molecule has 4 nitrogen and oxygen atoms in total. The van der Waals surface area contributed by atoms with Crippen LogP contribution in [0.15, 0.2) is 0 Å². The quantitative estimate of drug-likeness (QED) is 0.745. The van der Waals surface area contributed by atoms with Crippen molar-refractivity contribution in [3.63, 3.8) is 0 Å². The van der Waals surface area contributed by atoms with Crippen LogP contribution in [0.25, 0.3) is 0 Å². The summed E-state index contributed by atoms with van der Waals surface area (Å²) >= 11 is 5.99. The molecule has 0 aliphatic heterocycles. The molecule has 0 aliphatic rings. The van der Waals surface area contributed by atoms with Gasteiger partial charge in [-0.05, 0) is 20.3 Å². The number of carbonyl (C=O) groups is 1. The van der Waals surface area contributed by atoms with Crippen molar-refractivity contribution in [1.29, 1.82) is 0 Å². The van der Waals surface area contributed by atoms with Gasteiger partial charge in [0.05, 0.1) is 23.5 Å². The van der Waals surface area contributed by atoms with Crippen LogP contribution in [0.3, 0.4) is 0 Å². The monoisotopic (exact) mass is 230 g/mol. The molecule has 0 bridgehead atoms. The number of methoxy groups -OCH3 is 1. The molecule has 0 saturated carbocycles. The molecular weight excluding hydrogens is 216 g/mol. The summed E-state index contributed by atoms with van der Waals surface area (Å²) in [5.41, 5.74) is 1.77. The van der Waals surface area contributed by atoms with Crippen molar-refractivity contribution < 1.29 is 9.53 Å². The van der Waals surface area contributed by atoms with E-state index < -0.39 is 0 Å². The van der Waals surface area contributed by atoms with Crippen LogP contribution in [0.2, 0.25) is 5.02 Å². The number of halogens is 1. The summed E-state index contributed by atoms with van der Waals surface area (Å²) in [6.45, 7) is 4.47. The lowest BCUT2D eigenvalue weighted by molar-refractivity contribution is -0.140. The molecule has 1 aromatic heterocycles. The Morgan fingerprint density at radius 2 is 2.20 bits per heavy atom. The number of hydrogen-bond acceptors (Lipinski definition) is 3. The summed E-state index contributed by atoms with van der Waals surface area (Å²) in [6.07, 6.45) is 1.12. The minimum Gasteiger partial charge on any atom is -0.469 e. The van der Waals surface area contributed by atoms with Crippen LogP contribution in [0.1, 0.15) is 24.2 Å². The normalized spacial score (nSPS) is 10.4. The van der Waals surface area contributed by atoms with Crippen molar-refractivity contribution in [3.05, 3.63) is 16.4 Å². The number of ether oxygens (including phenoxy) is 1. The van der Waals surface area contributed by atoms with Crippen LogP contribution in [0.5, 0.6) is 0 Å². The molecule has 0 aromatic carbocycles. The van der Waals surface area contributed by atoms with Crippen molar-refractivity contribution in [2.75, 3.05) is 7.11 Å². The zero-order chi connectivity index (χ0) is 11.4. The number of aryl methyl sites for hydroxylation is 2. The van der Waals surface area contributed by atoms with E-state index in [-0.39, 0.29) is 5.97 Å². The zero-order valence-electron chi connectivity index (χ0n) is 9.21. The Morgan fingerprint density at radius 1 is 1.53 bits per heavy atom. The fourth-order valence-electron chi connectivity index (χ4n) is 1.37. The van der Waals surface area contributed by atoms with Crippen molar-refractivity contribution in [1.82, 2.24) is 9.78 Å². The van der Waals surface area contributed by atoms with Crippen LogP contribution in [0, 0.1) is 13.8 Å². The lowest BCUT2D eigenvalue weighted by Crippen LogP contribution is -2.06. The number of esters is 1. The van der Waals surface area contributed by atoms with Crippen LogP contribution in [0.4, 0.5) is 0 Å². The zero-order valence-corrected chi connectivity index (χ0v) is 9.97. The molecule has 0 saturated heterocycles. The number of rotatable bonds is 4. The molecule has 0 fully saturated rings. The van der Waals surface area contributed by atoms with Crippen LogP contribution in [-0.4, -0.2) is 22.9 Å². The maximum atomic E-state index is 10.9. The van der Waals surface area contributed by atoms with E-state index in [9.17, 15) is 4.79 Å². The largest absolute Gasteiger partial charge is 0.469 e. The Morgan fingerprint density at radius 3 is 2.67 bits per heavy atom. The molecule has 5 heteroatoms. The first-order chi connectivity index (χ1) is 7.06. The topological polar surface area (TPSA) is 44.1 Å². The van der Waals surface area contributed by atoms with Gasteiger partial charge in [-0.1, -0.05) is 11.6 Å². The van der Waals surface area contributed by atoms with Crippen LogP contribution < -0.4 is 0 Å². The van der Waals surface area contributed by atoms with Gasteiger partial charge in [-0.25, -0.2) is 0 Å². The standard InChI is InChI=1S/C10H15ClN2O2/c1-7-10(11)8(2)13(12-7)6-4-5-9(14)15-3/h4-6H2,1-3H3. The van der Waals surface area contributed by atoms with E-state index >= 15 is 0 Å². The first-order valence-electron chi connectivity index (χ1n) is 4.82. The highest BCUT2D eigenvalue weighted by Crippen LogP contribution is 2.19. The smallest absolute Gasteiger partial charge is 0.305 e. The third-order valence-corrected chi connectivity index (χ3v) is 2.82. The second-order valence-corrected chi connectivity index (χ2v) is 3.77. The molecule has 0 amide bonds. The molecule has 1 rings (SSSR count). The summed E-state index contributed by atoms with van der Waals surface area (Å²) in [6, 6.07) is 0. The Kier molecular flexibility index (Phi) is 4.15. The van der Waals surface area contributed by atoms with Gasteiger partial charge < -0.3 is 4.74 Å². The average molecular weight is 231 g/mol. The maximum Gasteiger partial charge on any atom is 0.305 e. The van der Waals surface area contributed by atoms with Gasteiger partial charge in [0.15, 0.2) is 0 Å². The van der Waals surface area contributed by atoms with E-state index in [0.29, 0.717) is 24.4 Å². The van der Waals surface area contributed by atoms with Gasteiger partial charge in [0.2, 0.25) is 0 Å². The second kappa shape index (κ2) is 5.16. The Labute approximate surface area is 94.2 Å². The summed E-state index contributed by atoms with van der Waals surface area (Å²) in [4.78, 5) is 10.9. The lowest BCUT2D eigenvalue weighted by atomic mass is 10.3. The van der Waals surface area contributed by atoms with Gasteiger partial charge in [0.1, 0.15) is 0 Å². The fraction of sp³-hybridized carbons (Fsp3) is 0.600. The van der Waals surface area contributed by atoms with Crippen molar-refractivity contribution in [2.45, 2.75) is 33.2 Å². The van der Waals surface area contributed by atoms with Gasteiger partial charge in [0.25, 0.3) is 0 Å². The first kappa shape index (κ1) is 12.0. The Bertz CT molecular complexity index is 361. The van der Waals surface area contributed by atoms with Crippen molar-refractivity contribution in [2.24, 2.45) is 0 Å². The molecule has 0 unspecified atom stereocenters. The number of nitrogens with zero attached hydrogens (tertiary/aromatic N) is 2. The average Bonchev–Trinajstić information content (AvgIpc) is 2.46. The van der Waals surface area contributed by atoms with E-state index in [0.717, 1.165) is 11.4 Å². The highest BCUT2D eigenvalue weighted by Gasteiger charge is 2.09. The van der Waals surface area contributed by atoms with E-state index in [1.807, 2.05) is 18.5 Å². The third kappa shape index (κ3) is 2.96. The predicted octanol–water partition coefficient (Wildman–Crippen LogP) is 2.11. The van der Waals surface area contributed by atoms with Gasteiger partial charge in [-0.3, -0.25) is 9.48 Å². The van der Waals surface area contributed by atoms with Crippen molar-refractivity contribution in [3.8, 4) is 0 Å². The molecule has 1 aromatic rings. The second-order valence-electron chi connectivity index (χ2n) is 3.39. The molecule has 1 heterocycles. The van der Waals surface area contributed by atoms with Crippen LogP contribution >= 0.6 is 11.6 Å². The van der Waals surface area contributed by atoms with E-state index in [4.69, 9.17) is 11.6 Å². The molecule has 0 radical (unpaired) electrons. The summed E-state index contributed by atoms with van der Waals surface area (Å²) < 4.78 is 6.37. The van der Waals surface area contributed by atoms with Gasteiger partial charge in [-0.2, -0.15) is 5.10 Å². The first-order valence-corrected chi connectivity index (χ1v) is 5.20. The molecule has 0 atom stereocenters. The van der Waals surface area contributed by atoms with Gasteiger partial charge in [-0.15, -0.1) is 0 Å². The highest BCUT2D eigenvalue weighted by atomic mass is 35.5. The molecule has 15 heavy (non-hydrogen) atoms. The highest BCUT2D eigenvalue weighted by molar-refractivity contribution is 6.31. The summed E-state index contributed by atoms with van der Waals surface area (Å²) in [5, 5.41) is 4.97. The van der Waals surface area contributed by atoms with Gasteiger partial charge in [0, 0.05) is 13.0 Å². The number of carbonyl (C=O) groups excluding carboxylic acids is 1. The molecule has 0 N–H and O–H groups in total. The summed E-state index contributed by atoms with van der Waals surface area (Å²) in [7, 11) is 1.39. The van der Waals surface area contributed by atoms with E-state index in [1.54, 1.807) is 0 Å². The SMILES string of the molecule is COC(=O)CCCn1nc(C)c(Cl)c1C. The molecule has 0 aliphatic carbocycles. The number of hydrogen-bond donors (Lipinski definition) is 0. The van der Waals surface area contributed by atoms with Crippen LogP contribution in [-0.2, 0) is 16.1 Å². The minimum absolute atomic E-state index is 0.192. The molecule has 84 valence electrons. The lowest BCUT2D eigenvalue weighted by Gasteiger charge is -2.03. The van der Waals surface area contributed by atoms with E-state index in [2.05, 4.69) is 9.84 Å². The fourth-order valence-corrected chi connectivity index (χ4v) is 1.50. The maximum absolute atomic E-state index is 10.9. The number of aromatic nitrogens is 2. The third-order valence-electron chi connectivity index (χ3n) is 2.27. The molecular formula is C10H15ClN2O2.